The number of ketones is 1. The minimum atomic E-state index is -0.585. The summed E-state index contributed by atoms with van der Waals surface area (Å²) in [5, 5.41) is 0. The predicted octanol–water partition coefficient (Wildman–Crippen LogP) is 3.95. The van der Waals surface area contributed by atoms with Crippen molar-refractivity contribution in [2.24, 2.45) is 5.92 Å². The molecule has 1 aromatic carbocycles. The van der Waals surface area contributed by atoms with E-state index in [0.717, 1.165) is 37.9 Å². The van der Waals surface area contributed by atoms with Crippen molar-refractivity contribution in [1.29, 1.82) is 0 Å². The van der Waals surface area contributed by atoms with E-state index in [-0.39, 0.29) is 18.2 Å². The summed E-state index contributed by atoms with van der Waals surface area (Å²) in [5.74, 6) is 1.26. The van der Waals surface area contributed by atoms with Crippen LogP contribution in [0.5, 0.6) is 5.75 Å². The highest BCUT2D eigenvalue weighted by molar-refractivity contribution is 5.98. The lowest BCUT2D eigenvalue weighted by Crippen LogP contribution is -2.48. The molecule has 3 aliphatic rings. The Kier molecular flexibility index (Phi) is 4.30. The number of carbonyl (C=O) groups excluding carboxylic acids is 2. The van der Waals surface area contributed by atoms with Crippen molar-refractivity contribution in [3.8, 4) is 5.75 Å². The van der Waals surface area contributed by atoms with Crippen molar-refractivity contribution in [3.05, 3.63) is 29.3 Å². The number of Topliss-reactive ketones (excluding diaryl/α,β-unsaturated/α-hetero) is 1. The summed E-state index contributed by atoms with van der Waals surface area (Å²) in [6.45, 7) is 0. The van der Waals surface area contributed by atoms with Crippen LogP contribution in [0, 0.1) is 5.92 Å². The summed E-state index contributed by atoms with van der Waals surface area (Å²) >= 11 is 0. The molecule has 4 rings (SSSR count). The fourth-order valence-corrected chi connectivity index (χ4v) is 5.24. The zero-order valence-electron chi connectivity index (χ0n) is 14.9. The number of fused-ring (bicyclic) bond motifs is 1. The van der Waals surface area contributed by atoms with E-state index in [0.29, 0.717) is 18.3 Å². The van der Waals surface area contributed by atoms with E-state index in [4.69, 9.17) is 9.47 Å². The van der Waals surface area contributed by atoms with E-state index in [1.165, 1.54) is 24.0 Å². The van der Waals surface area contributed by atoms with Gasteiger partial charge in [0.1, 0.15) is 23.6 Å². The van der Waals surface area contributed by atoms with E-state index in [1.54, 1.807) is 7.11 Å². The second kappa shape index (κ2) is 6.47. The lowest BCUT2D eigenvalue weighted by molar-refractivity contribution is -0.179. The van der Waals surface area contributed by atoms with Crippen molar-refractivity contribution in [3.63, 3.8) is 0 Å². The Morgan fingerprint density at radius 2 is 2.00 bits per heavy atom. The van der Waals surface area contributed by atoms with Gasteiger partial charge in [0, 0.05) is 6.42 Å². The number of cyclic esters (lactones) is 1. The van der Waals surface area contributed by atoms with Gasteiger partial charge in [0.15, 0.2) is 0 Å². The Hall–Kier alpha value is -1.84. The zero-order valence-corrected chi connectivity index (χ0v) is 14.9. The highest BCUT2D eigenvalue weighted by Gasteiger charge is 2.49. The number of hydrogen-bond donors (Lipinski definition) is 0. The molecule has 0 amide bonds. The molecule has 4 heteroatoms. The van der Waals surface area contributed by atoms with Crippen LogP contribution in [-0.2, 0) is 20.7 Å². The van der Waals surface area contributed by atoms with Crippen LogP contribution in [0.3, 0.4) is 0 Å². The largest absolute Gasteiger partial charge is 0.497 e. The lowest BCUT2D eigenvalue weighted by Gasteiger charge is -2.42. The van der Waals surface area contributed by atoms with Crippen molar-refractivity contribution < 1.29 is 19.1 Å². The first-order valence-electron chi connectivity index (χ1n) is 9.50. The third-order valence-corrected chi connectivity index (χ3v) is 6.40. The number of benzene rings is 1. The summed E-state index contributed by atoms with van der Waals surface area (Å²) in [6.07, 6.45) is 7.71. The van der Waals surface area contributed by atoms with Gasteiger partial charge in [-0.15, -0.1) is 0 Å². The number of ether oxygens (including phenoxy) is 2. The number of carbonyl (C=O) groups is 2. The maximum absolute atomic E-state index is 12.2. The highest BCUT2D eigenvalue weighted by atomic mass is 16.6. The molecule has 2 fully saturated rings. The van der Waals surface area contributed by atoms with Crippen molar-refractivity contribution >= 4 is 11.8 Å². The molecule has 0 spiro atoms. The Labute approximate surface area is 148 Å². The van der Waals surface area contributed by atoms with Gasteiger partial charge in [0.2, 0.25) is 0 Å². The molecule has 2 aliphatic carbocycles. The maximum atomic E-state index is 12.2. The van der Waals surface area contributed by atoms with Crippen LogP contribution in [0.1, 0.15) is 68.4 Å². The van der Waals surface area contributed by atoms with Crippen molar-refractivity contribution in [1.82, 2.24) is 0 Å². The van der Waals surface area contributed by atoms with Gasteiger partial charge in [0.25, 0.3) is 0 Å². The molecule has 4 nitrogen and oxygen atoms in total. The second-order valence-corrected chi connectivity index (χ2v) is 7.92. The van der Waals surface area contributed by atoms with Gasteiger partial charge in [-0.25, -0.2) is 0 Å². The minimum Gasteiger partial charge on any atom is -0.497 e. The van der Waals surface area contributed by atoms with Crippen LogP contribution >= 0.6 is 0 Å². The predicted molar refractivity (Wildman–Crippen MR) is 93.7 cm³/mol. The fourth-order valence-electron chi connectivity index (χ4n) is 5.24. The van der Waals surface area contributed by atoms with Crippen LogP contribution in [0.4, 0.5) is 0 Å². The SMILES string of the molecule is COc1ccc2c(c1)[C@@H](CC1(C3CCCC3)CC(=O)CC(=O)O1)CC2. The monoisotopic (exact) mass is 342 g/mol. The Bertz CT molecular complexity index is 671. The van der Waals surface area contributed by atoms with Gasteiger partial charge in [0.05, 0.1) is 7.11 Å². The molecule has 0 aromatic heterocycles. The molecule has 2 atom stereocenters. The quantitative estimate of drug-likeness (QED) is 0.614. The molecule has 0 radical (unpaired) electrons. The van der Waals surface area contributed by atoms with Crippen LogP contribution in [0.2, 0.25) is 0 Å². The molecule has 0 N–H and O–H groups in total. The molecule has 25 heavy (non-hydrogen) atoms. The first-order chi connectivity index (χ1) is 12.1. The van der Waals surface area contributed by atoms with E-state index in [2.05, 4.69) is 12.1 Å². The Balaban J connectivity index is 1.64. The first-order valence-corrected chi connectivity index (χ1v) is 9.50. The second-order valence-electron chi connectivity index (χ2n) is 7.92. The molecular formula is C21H26O4. The first kappa shape index (κ1) is 16.6. The molecule has 0 bridgehead atoms. The topological polar surface area (TPSA) is 52.6 Å². The standard InChI is InChI=1S/C21H26O4/c1-24-18-9-8-14-6-7-15(19(14)11-18)12-21(16-4-2-3-5-16)13-17(22)10-20(23)25-21/h8-9,11,15-16H,2-7,10,12-13H2,1H3/t15-,21?/m1/s1. The number of aryl methyl sites for hydroxylation is 1. The Morgan fingerprint density at radius 1 is 1.20 bits per heavy atom. The van der Waals surface area contributed by atoms with Gasteiger partial charge in [-0.05, 0) is 67.2 Å². The third-order valence-electron chi connectivity index (χ3n) is 6.40. The summed E-state index contributed by atoms with van der Waals surface area (Å²) < 4.78 is 11.4. The average Bonchev–Trinajstić information content (AvgIpc) is 3.24. The summed E-state index contributed by atoms with van der Waals surface area (Å²) in [6, 6.07) is 6.29. The van der Waals surface area contributed by atoms with Gasteiger partial charge in [-0.1, -0.05) is 18.9 Å². The van der Waals surface area contributed by atoms with Crippen molar-refractivity contribution in [2.45, 2.75) is 69.3 Å². The molecule has 1 saturated carbocycles. The molecule has 1 saturated heterocycles. The fraction of sp³-hybridized carbons (Fsp3) is 0.619. The molecule has 1 aliphatic heterocycles. The summed E-state index contributed by atoms with van der Waals surface area (Å²) in [4.78, 5) is 24.3. The van der Waals surface area contributed by atoms with E-state index in [9.17, 15) is 9.59 Å². The van der Waals surface area contributed by atoms with Gasteiger partial charge in [-0.2, -0.15) is 0 Å². The molecule has 1 aromatic rings. The Morgan fingerprint density at radius 3 is 2.72 bits per heavy atom. The summed E-state index contributed by atoms with van der Waals surface area (Å²) in [7, 11) is 1.69. The number of hydrogen-bond acceptors (Lipinski definition) is 4. The van der Waals surface area contributed by atoms with Gasteiger partial charge in [-0.3, -0.25) is 9.59 Å². The average molecular weight is 342 g/mol. The van der Waals surface area contributed by atoms with E-state index >= 15 is 0 Å². The van der Waals surface area contributed by atoms with E-state index in [1.807, 2.05) is 6.07 Å². The van der Waals surface area contributed by atoms with Crippen LogP contribution < -0.4 is 4.74 Å². The maximum Gasteiger partial charge on any atom is 0.313 e. The van der Waals surface area contributed by atoms with E-state index < -0.39 is 5.60 Å². The molecule has 1 unspecified atom stereocenters. The number of esters is 1. The number of methoxy groups -OCH3 is 1. The van der Waals surface area contributed by atoms with Crippen LogP contribution in [0.15, 0.2) is 18.2 Å². The minimum absolute atomic E-state index is 0.0482. The number of rotatable bonds is 4. The molecule has 134 valence electrons. The zero-order chi connectivity index (χ0) is 17.4. The molecule has 1 heterocycles. The highest BCUT2D eigenvalue weighted by Crippen LogP contribution is 2.49. The van der Waals surface area contributed by atoms with Gasteiger partial charge >= 0.3 is 5.97 Å². The van der Waals surface area contributed by atoms with Crippen LogP contribution in [0.25, 0.3) is 0 Å². The summed E-state index contributed by atoms with van der Waals surface area (Å²) in [5.41, 5.74) is 2.09. The van der Waals surface area contributed by atoms with Gasteiger partial charge < -0.3 is 9.47 Å². The third kappa shape index (κ3) is 3.07. The smallest absolute Gasteiger partial charge is 0.313 e. The van der Waals surface area contributed by atoms with Crippen LogP contribution in [-0.4, -0.2) is 24.5 Å². The molecular weight excluding hydrogens is 316 g/mol. The van der Waals surface area contributed by atoms with Crippen molar-refractivity contribution in [2.75, 3.05) is 7.11 Å². The lowest BCUT2D eigenvalue weighted by atomic mass is 9.73. The normalized spacial score (nSPS) is 29.6.